The highest BCUT2D eigenvalue weighted by atomic mass is 32.2. The van der Waals surface area contributed by atoms with Crippen LogP contribution in [0.3, 0.4) is 0 Å². The van der Waals surface area contributed by atoms with Gasteiger partial charge in [0, 0.05) is 98.2 Å². The van der Waals surface area contributed by atoms with Crippen LogP contribution in [0.4, 0.5) is 0 Å². The Morgan fingerprint density at radius 3 is 1.40 bits per heavy atom. The number of β-amino-alcohol motifs (C(OH)–C–C–N with tert-alkyl or cyclic N) is 1. The summed E-state index contributed by atoms with van der Waals surface area (Å²) in [4.78, 5) is 8.10. The largest absolute Gasteiger partial charge is 0.395 e. The molecule has 0 spiro atoms. The lowest BCUT2D eigenvalue weighted by Crippen LogP contribution is -2.50. The first kappa shape index (κ1) is 44.4. The SMILES string of the molecule is CC(O)C(CN1CCNCC1)S(=O)(=O)O.CC(O)N1CCNCC1.CCS(=O)(=O)O.O=S(=O)(O)CCN1CCN(CCO)CC1. The van der Waals surface area contributed by atoms with Crippen molar-refractivity contribution in [3.05, 3.63) is 0 Å². The molecule has 0 aromatic carbocycles. The van der Waals surface area contributed by atoms with Crippen molar-refractivity contribution >= 4 is 30.4 Å². The molecule has 3 rings (SSSR count). The molecule has 0 saturated carbocycles. The van der Waals surface area contributed by atoms with Crippen molar-refractivity contribution in [2.24, 2.45) is 0 Å². The lowest BCUT2D eigenvalue weighted by molar-refractivity contribution is 0.0112. The Hall–Kier alpha value is -0.630. The van der Waals surface area contributed by atoms with Gasteiger partial charge in [-0.3, -0.25) is 33.3 Å². The molecule has 0 radical (unpaired) electrons. The van der Waals surface area contributed by atoms with Crippen LogP contribution >= 0.6 is 0 Å². The van der Waals surface area contributed by atoms with Crippen molar-refractivity contribution in [3.8, 4) is 0 Å². The van der Waals surface area contributed by atoms with Gasteiger partial charge < -0.3 is 26.0 Å². The average molecular weight is 717 g/mol. The van der Waals surface area contributed by atoms with E-state index in [0.717, 1.165) is 78.5 Å². The van der Waals surface area contributed by atoms with E-state index in [0.29, 0.717) is 13.1 Å². The fourth-order valence-electron chi connectivity index (χ4n) is 4.32. The Morgan fingerprint density at radius 2 is 1.09 bits per heavy atom. The van der Waals surface area contributed by atoms with E-state index in [1.165, 1.54) is 13.8 Å². The number of piperazine rings is 3. The summed E-state index contributed by atoms with van der Waals surface area (Å²) in [6, 6.07) is 0. The van der Waals surface area contributed by atoms with Gasteiger partial charge in [-0.05, 0) is 20.8 Å². The van der Waals surface area contributed by atoms with E-state index in [2.05, 4.69) is 20.4 Å². The van der Waals surface area contributed by atoms with Crippen molar-refractivity contribution < 1.29 is 54.2 Å². The van der Waals surface area contributed by atoms with Crippen molar-refractivity contribution in [1.29, 1.82) is 0 Å². The Labute approximate surface area is 269 Å². The van der Waals surface area contributed by atoms with Crippen LogP contribution < -0.4 is 10.6 Å². The van der Waals surface area contributed by atoms with Gasteiger partial charge in [-0.15, -0.1) is 0 Å². The van der Waals surface area contributed by atoms with E-state index in [4.69, 9.17) is 23.9 Å². The smallest absolute Gasteiger partial charge is 0.271 e. The van der Waals surface area contributed by atoms with Gasteiger partial charge in [-0.1, -0.05) is 0 Å². The molecule has 0 aliphatic carbocycles. The predicted molar refractivity (Wildman–Crippen MR) is 171 cm³/mol. The molecular formula is C24H56N6O12S3. The fraction of sp³-hybridized carbons (Fsp3) is 1.00. The maximum absolute atomic E-state index is 11.0. The molecule has 45 heavy (non-hydrogen) atoms. The third-order valence-corrected chi connectivity index (χ3v) is 9.90. The number of rotatable bonds is 11. The molecule has 0 amide bonds. The first-order chi connectivity index (χ1) is 20.8. The Kier molecular flexibility index (Phi) is 22.5. The van der Waals surface area contributed by atoms with Crippen molar-refractivity contribution in [2.45, 2.75) is 38.4 Å². The number of nitrogens with zero attached hydrogens (tertiary/aromatic N) is 4. The van der Waals surface area contributed by atoms with Gasteiger partial charge in [0.25, 0.3) is 30.4 Å². The number of aliphatic hydroxyl groups is 3. The highest BCUT2D eigenvalue weighted by molar-refractivity contribution is 7.86. The molecule has 21 heteroatoms. The third kappa shape index (κ3) is 24.2. The summed E-state index contributed by atoms with van der Waals surface area (Å²) < 4.78 is 87.5. The second-order valence-corrected chi connectivity index (χ2v) is 15.8. The second kappa shape index (κ2) is 22.9. The summed E-state index contributed by atoms with van der Waals surface area (Å²) in [5, 5.41) is 32.3. The highest BCUT2D eigenvalue weighted by Crippen LogP contribution is 2.08. The van der Waals surface area contributed by atoms with E-state index < -0.39 is 41.7 Å². The molecule has 18 nitrogen and oxygen atoms in total. The Bertz CT molecular complexity index is 1080. The first-order valence-electron chi connectivity index (χ1n) is 14.9. The quantitative estimate of drug-likeness (QED) is 0.0952. The van der Waals surface area contributed by atoms with Gasteiger partial charge in [0.05, 0.1) is 24.2 Å². The minimum absolute atomic E-state index is 0.158. The Balaban J connectivity index is 0.000000606. The predicted octanol–water partition coefficient (Wildman–Crippen LogP) is -3.86. The van der Waals surface area contributed by atoms with E-state index in [-0.39, 0.29) is 30.9 Å². The molecule has 3 aliphatic heterocycles. The number of hydrogen-bond acceptors (Lipinski definition) is 15. The molecule has 8 N–H and O–H groups in total. The van der Waals surface area contributed by atoms with E-state index in [1.807, 2.05) is 16.7 Å². The molecule has 3 saturated heterocycles. The van der Waals surface area contributed by atoms with Gasteiger partial charge in [0.1, 0.15) is 11.5 Å². The zero-order valence-corrected chi connectivity index (χ0v) is 29.1. The number of aliphatic hydroxyl groups excluding tert-OH is 3. The molecule has 3 fully saturated rings. The zero-order valence-electron chi connectivity index (χ0n) is 26.6. The molecule has 0 aromatic heterocycles. The van der Waals surface area contributed by atoms with Crippen LogP contribution in [-0.4, -0.2) is 208 Å². The molecule has 0 aromatic rings. The number of hydrogen-bond donors (Lipinski definition) is 8. The molecular weight excluding hydrogens is 660 g/mol. The van der Waals surface area contributed by atoms with Gasteiger partial charge in [0.15, 0.2) is 0 Å². The maximum atomic E-state index is 11.0. The standard InChI is InChI=1S/2C8H18N2O4S.C6H14N2O.C2H6O3S/c1-7(11)8(15(12,13)14)6-10-4-2-9-3-5-10;11-7-5-9-1-3-10(4-2-9)6-8-15(12,13)14;1-6(9)8-4-2-7-3-5-8;1-2-6(3,4)5/h7-9,11H,2-6H2,1H3,(H,12,13,14);11H,1-8H2,(H,12,13,14);6-7,9H,2-5H2,1H3;2H2,1H3,(H,3,4,5). The average Bonchev–Trinajstić information content (AvgIpc) is 2.96. The first-order valence-corrected chi connectivity index (χ1v) is 19.7. The van der Waals surface area contributed by atoms with Gasteiger partial charge in [-0.2, -0.15) is 25.3 Å². The maximum Gasteiger partial charge on any atom is 0.271 e. The summed E-state index contributed by atoms with van der Waals surface area (Å²) in [5.41, 5.74) is 0. The lowest BCUT2D eigenvalue weighted by atomic mass is 10.2. The van der Waals surface area contributed by atoms with Gasteiger partial charge in [0.2, 0.25) is 0 Å². The summed E-state index contributed by atoms with van der Waals surface area (Å²) in [6.45, 7) is 16.2. The summed E-state index contributed by atoms with van der Waals surface area (Å²) in [7, 11) is -11.7. The van der Waals surface area contributed by atoms with Crippen LogP contribution in [0.1, 0.15) is 20.8 Å². The van der Waals surface area contributed by atoms with Gasteiger partial charge >= 0.3 is 0 Å². The van der Waals surface area contributed by atoms with E-state index >= 15 is 0 Å². The van der Waals surface area contributed by atoms with Gasteiger partial charge in [-0.25, -0.2) is 0 Å². The van der Waals surface area contributed by atoms with Crippen LogP contribution in [0, 0.1) is 0 Å². The third-order valence-electron chi connectivity index (χ3n) is 7.16. The zero-order chi connectivity index (χ0) is 34.7. The molecule has 3 unspecified atom stereocenters. The molecule has 0 bridgehead atoms. The van der Waals surface area contributed by atoms with Crippen LogP contribution in [0.25, 0.3) is 0 Å². The summed E-state index contributed by atoms with van der Waals surface area (Å²) in [5.74, 6) is -0.403. The molecule has 272 valence electrons. The van der Waals surface area contributed by atoms with Crippen molar-refractivity contribution in [3.63, 3.8) is 0 Å². The minimum atomic E-state index is -4.18. The van der Waals surface area contributed by atoms with Crippen LogP contribution in [-0.2, 0) is 30.4 Å². The normalized spacial score (nSPS) is 21.5. The van der Waals surface area contributed by atoms with Crippen molar-refractivity contribution in [1.82, 2.24) is 30.2 Å². The monoisotopic (exact) mass is 716 g/mol. The molecule has 3 atom stereocenters. The minimum Gasteiger partial charge on any atom is -0.395 e. The summed E-state index contributed by atoms with van der Waals surface area (Å²) >= 11 is 0. The van der Waals surface area contributed by atoms with E-state index in [9.17, 15) is 30.4 Å². The van der Waals surface area contributed by atoms with Crippen LogP contribution in [0.2, 0.25) is 0 Å². The van der Waals surface area contributed by atoms with Crippen LogP contribution in [0.5, 0.6) is 0 Å². The topological polar surface area (TPSA) is 261 Å². The van der Waals surface area contributed by atoms with Crippen LogP contribution in [0.15, 0.2) is 0 Å². The Morgan fingerprint density at radius 1 is 0.667 bits per heavy atom. The highest BCUT2D eigenvalue weighted by Gasteiger charge is 2.30. The molecule has 3 heterocycles. The van der Waals surface area contributed by atoms with E-state index in [1.54, 1.807) is 0 Å². The number of nitrogens with one attached hydrogen (secondary N) is 2. The van der Waals surface area contributed by atoms with Crippen molar-refractivity contribution in [2.75, 3.05) is 116 Å². The summed E-state index contributed by atoms with van der Waals surface area (Å²) in [6.07, 6.45) is -1.33. The lowest BCUT2D eigenvalue weighted by Gasteiger charge is -2.33. The second-order valence-electron chi connectivity index (χ2n) is 10.8. The fourth-order valence-corrected chi connectivity index (χ4v) is 5.71. The molecule has 3 aliphatic rings.